The van der Waals surface area contributed by atoms with Crippen molar-refractivity contribution in [2.24, 2.45) is 0 Å². The van der Waals surface area contributed by atoms with Crippen molar-refractivity contribution in [3.63, 3.8) is 0 Å². The average Bonchev–Trinajstić information content (AvgIpc) is 2.15. The van der Waals surface area contributed by atoms with Crippen molar-refractivity contribution in [3.05, 3.63) is 35.4 Å². The standard InChI is InChI=1S/C9H6F4O/c10-8(5-14)6-2-1-3-7(4-6)9(11,12)13/h1-5,8H. The molecule has 0 heterocycles. The Labute approximate surface area is 77.3 Å². The number of aldehydes is 1. The fourth-order valence-electron chi connectivity index (χ4n) is 0.965. The maximum Gasteiger partial charge on any atom is 0.416 e. The minimum absolute atomic E-state index is 0.0461. The quantitative estimate of drug-likeness (QED) is 0.537. The molecule has 1 aromatic carbocycles. The van der Waals surface area contributed by atoms with Crippen LogP contribution in [-0.2, 0) is 11.0 Å². The molecule has 0 aliphatic carbocycles. The zero-order chi connectivity index (χ0) is 10.8. The Morgan fingerprint density at radius 1 is 1.29 bits per heavy atom. The van der Waals surface area contributed by atoms with Gasteiger partial charge in [-0.1, -0.05) is 12.1 Å². The fourth-order valence-corrected chi connectivity index (χ4v) is 0.965. The summed E-state index contributed by atoms with van der Waals surface area (Å²) in [6, 6.07) is 3.64. The normalized spacial score (nSPS) is 13.7. The average molecular weight is 206 g/mol. The van der Waals surface area contributed by atoms with Crippen molar-refractivity contribution in [2.45, 2.75) is 12.3 Å². The van der Waals surface area contributed by atoms with E-state index in [1.165, 1.54) is 0 Å². The molecule has 0 amide bonds. The van der Waals surface area contributed by atoms with Gasteiger partial charge in [0.25, 0.3) is 0 Å². The Balaban J connectivity index is 3.07. The van der Waals surface area contributed by atoms with Gasteiger partial charge in [0.2, 0.25) is 0 Å². The molecule has 0 aliphatic heterocycles. The summed E-state index contributed by atoms with van der Waals surface area (Å²) in [7, 11) is 0. The van der Waals surface area contributed by atoms with Crippen LogP contribution in [0.5, 0.6) is 0 Å². The van der Waals surface area contributed by atoms with E-state index in [2.05, 4.69) is 0 Å². The van der Waals surface area contributed by atoms with Gasteiger partial charge in [-0.25, -0.2) is 4.39 Å². The van der Waals surface area contributed by atoms with Crippen LogP contribution >= 0.6 is 0 Å². The molecule has 0 spiro atoms. The van der Waals surface area contributed by atoms with Gasteiger partial charge in [0.15, 0.2) is 12.5 Å². The molecule has 0 N–H and O–H groups in total. The van der Waals surface area contributed by atoms with E-state index in [9.17, 15) is 22.4 Å². The summed E-state index contributed by atoms with van der Waals surface area (Å²) in [5.41, 5.74) is -1.24. The van der Waals surface area contributed by atoms with Crippen LogP contribution in [-0.4, -0.2) is 6.29 Å². The summed E-state index contributed by atoms with van der Waals surface area (Å²) in [6.07, 6.45) is -6.56. The summed E-state index contributed by atoms with van der Waals surface area (Å²) in [6.45, 7) is 0. The van der Waals surface area contributed by atoms with Gasteiger partial charge in [0.05, 0.1) is 5.56 Å². The maximum absolute atomic E-state index is 12.7. The third-order valence-electron chi connectivity index (χ3n) is 1.65. The first-order valence-electron chi connectivity index (χ1n) is 3.71. The maximum atomic E-state index is 12.7. The second-order valence-corrected chi connectivity index (χ2v) is 2.66. The molecule has 5 heteroatoms. The Bertz CT molecular complexity index is 332. The second kappa shape index (κ2) is 3.77. The number of halogens is 4. The largest absolute Gasteiger partial charge is 0.416 e. The highest BCUT2D eigenvalue weighted by Crippen LogP contribution is 2.30. The lowest BCUT2D eigenvalue weighted by molar-refractivity contribution is -0.137. The highest BCUT2D eigenvalue weighted by molar-refractivity contribution is 5.59. The zero-order valence-corrected chi connectivity index (χ0v) is 6.88. The summed E-state index contributed by atoms with van der Waals surface area (Å²) >= 11 is 0. The molecule has 0 aliphatic rings. The Kier molecular flexibility index (Phi) is 2.88. The predicted octanol–water partition coefficient (Wildman–Crippen LogP) is 2.91. The van der Waals surface area contributed by atoms with Crippen LogP contribution in [0.25, 0.3) is 0 Å². The van der Waals surface area contributed by atoms with Crippen molar-refractivity contribution in [2.75, 3.05) is 0 Å². The lowest BCUT2D eigenvalue weighted by Crippen LogP contribution is -2.06. The van der Waals surface area contributed by atoms with Gasteiger partial charge in [-0.3, -0.25) is 4.79 Å². The van der Waals surface area contributed by atoms with Gasteiger partial charge in [-0.2, -0.15) is 13.2 Å². The molecule has 1 atom stereocenters. The van der Waals surface area contributed by atoms with Crippen LogP contribution in [0.2, 0.25) is 0 Å². The van der Waals surface area contributed by atoms with Crippen LogP contribution < -0.4 is 0 Å². The minimum atomic E-state index is -4.52. The summed E-state index contributed by atoms with van der Waals surface area (Å²) in [5, 5.41) is 0. The topological polar surface area (TPSA) is 17.1 Å². The smallest absolute Gasteiger partial charge is 0.300 e. The molecule has 0 saturated carbocycles. The molecule has 1 unspecified atom stereocenters. The molecule has 0 bridgehead atoms. The molecule has 1 nitrogen and oxygen atoms in total. The highest BCUT2D eigenvalue weighted by atomic mass is 19.4. The summed E-state index contributed by atoms with van der Waals surface area (Å²) in [5.74, 6) is 0. The first kappa shape index (κ1) is 10.7. The molecule has 0 aromatic heterocycles. The lowest BCUT2D eigenvalue weighted by Gasteiger charge is -2.08. The minimum Gasteiger partial charge on any atom is -0.300 e. The molecule has 0 radical (unpaired) electrons. The summed E-state index contributed by atoms with van der Waals surface area (Å²) < 4.78 is 49.1. The first-order valence-corrected chi connectivity index (χ1v) is 3.71. The van der Waals surface area contributed by atoms with Gasteiger partial charge < -0.3 is 0 Å². The van der Waals surface area contributed by atoms with E-state index in [4.69, 9.17) is 0 Å². The Hall–Kier alpha value is -1.39. The van der Waals surface area contributed by atoms with E-state index >= 15 is 0 Å². The Morgan fingerprint density at radius 3 is 2.43 bits per heavy atom. The number of carbonyl (C=O) groups is 1. The number of alkyl halides is 4. The van der Waals surface area contributed by atoms with Crippen molar-refractivity contribution >= 4 is 6.29 Å². The summed E-state index contributed by atoms with van der Waals surface area (Å²) in [4.78, 5) is 10.0. The zero-order valence-electron chi connectivity index (χ0n) is 6.88. The number of benzene rings is 1. The number of rotatable bonds is 2. The van der Waals surface area contributed by atoms with Gasteiger partial charge in [0.1, 0.15) is 0 Å². The van der Waals surface area contributed by atoms with Gasteiger partial charge in [0, 0.05) is 0 Å². The van der Waals surface area contributed by atoms with Gasteiger partial charge in [-0.05, 0) is 17.7 Å². The fraction of sp³-hybridized carbons (Fsp3) is 0.222. The molecule has 1 rings (SSSR count). The molecular weight excluding hydrogens is 200 g/mol. The number of carbonyl (C=O) groups excluding carboxylic acids is 1. The van der Waals surface area contributed by atoms with Crippen LogP contribution in [0.15, 0.2) is 24.3 Å². The number of hydrogen-bond acceptors (Lipinski definition) is 1. The third-order valence-corrected chi connectivity index (χ3v) is 1.65. The van der Waals surface area contributed by atoms with Crippen LogP contribution in [0.3, 0.4) is 0 Å². The second-order valence-electron chi connectivity index (χ2n) is 2.66. The predicted molar refractivity (Wildman–Crippen MR) is 41.4 cm³/mol. The monoisotopic (exact) mass is 206 g/mol. The van der Waals surface area contributed by atoms with Crippen molar-refractivity contribution < 1.29 is 22.4 Å². The van der Waals surface area contributed by atoms with E-state index in [1.807, 2.05) is 0 Å². The molecule has 14 heavy (non-hydrogen) atoms. The lowest BCUT2D eigenvalue weighted by atomic mass is 10.1. The Morgan fingerprint density at radius 2 is 1.93 bits per heavy atom. The third kappa shape index (κ3) is 2.31. The van der Waals surface area contributed by atoms with E-state index in [-0.39, 0.29) is 11.8 Å². The van der Waals surface area contributed by atoms with Crippen LogP contribution in [0.1, 0.15) is 17.3 Å². The van der Waals surface area contributed by atoms with Gasteiger partial charge >= 0.3 is 6.18 Å². The van der Waals surface area contributed by atoms with E-state index in [0.29, 0.717) is 6.07 Å². The van der Waals surface area contributed by atoms with Gasteiger partial charge in [-0.15, -0.1) is 0 Å². The first-order chi connectivity index (χ1) is 6.45. The molecule has 0 fully saturated rings. The van der Waals surface area contributed by atoms with Crippen LogP contribution in [0.4, 0.5) is 17.6 Å². The van der Waals surface area contributed by atoms with E-state index in [0.717, 1.165) is 18.2 Å². The highest BCUT2D eigenvalue weighted by Gasteiger charge is 2.30. The van der Waals surface area contributed by atoms with Crippen molar-refractivity contribution in [3.8, 4) is 0 Å². The molecule has 1 aromatic rings. The molecular formula is C9H6F4O. The number of hydrogen-bond donors (Lipinski definition) is 0. The molecule has 0 saturated heterocycles. The van der Waals surface area contributed by atoms with Crippen molar-refractivity contribution in [1.82, 2.24) is 0 Å². The molecule has 76 valence electrons. The van der Waals surface area contributed by atoms with E-state index < -0.39 is 17.9 Å². The SMILES string of the molecule is O=CC(F)c1cccc(C(F)(F)F)c1. The van der Waals surface area contributed by atoms with E-state index in [1.54, 1.807) is 0 Å². The van der Waals surface area contributed by atoms with Crippen molar-refractivity contribution in [1.29, 1.82) is 0 Å². The van der Waals surface area contributed by atoms with Crippen LogP contribution in [0, 0.1) is 0 Å².